The highest BCUT2D eigenvalue weighted by Gasteiger charge is 2.31. The third kappa shape index (κ3) is 7.68. The summed E-state index contributed by atoms with van der Waals surface area (Å²) in [5, 5.41) is 6.89. The molecule has 0 bridgehead atoms. The van der Waals surface area contributed by atoms with Gasteiger partial charge in [0, 0.05) is 43.3 Å². The summed E-state index contributed by atoms with van der Waals surface area (Å²) in [6.45, 7) is 2.39. The lowest BCUT2D eigenvalue weighted by Crippen LogP contribution is -2.46. The van der Waals surface area contributed by atoms with Crippen molar-refractivity contribution in [2.75, 3.05) is 58.0 Å². The Morgan fingerprint density at radius 1 is 1.19 bits per heavy atom. The van der Waals surface area contributed by atoms with Crippen LogP contribution in [0.25, 0.3) is 10.9 Å². The third-order valence-electron chi connectivity index (χ3n) is 7.22. The number of aromatic nitrogens is 1. The quantitative estimate of drug-likeness (QED) is 0.255. The molecule has 1 saturated heterocycles. The smallest absolute Gasteiger partial charge is 0.406 e. The molecule has 2 heterocycles. The molecule has 7 nitrogen and oxygen atoms in total. The average molecular weight is 590 g/mol. The van der Waals surface area contributed by atoms with Gasteiger partial charge in [0.05, 0.1) is 36.6 Å². The lowest BCUT2D eigenvalue weighted by molar-refractivity contribution is -0.140. The standard InChI is InChI=1S/C30H35F4N5O2.CH4/c1-5-38(3)29(40)20-11-12-26(28(16-20)41-4)35-14-7-8-21-17-22-24(36-25-13-15-37(2)18-23(25)31)9-6-10-27(22)39(21)19-30(32,33)34;/h6,9-12,16-17,23,25,35-36H,5,13-15,18-19H2,1-4H3;1H4/t23-,25+;/m0./s1. The summed E-state index contributed by atoms with van der Waals surface area (Å²) >= 11 is 0. The lowest BCUT2D eigenvalue weighted by atomic mass is 10.0. The minimum atomic E-state index is -4.46. The van der Waals surface area contributed by atoms with Crippen LogP contribution in [0.3, 0.4) is 0 Å². The number of rotatable bonds is 8. The summed E-state index contributed by atoms with van der Waals surface area (Å²) < 4.78 is 61.9. The topological polar surface area (TPSA) is 61.8 Å². The SMILES string of the molecule is C.CCN(C)C(=O)c1ccc(NCC#Cc2cc3c(N[C@@H]4CCN(C)C[C@@H]4F)cccc3n2CC(F)(F)F)c(OC)c1. The van der Waals surface area contributed by atoms with Crippen LogP contribution in [0.4, 0.5) is 28.9 Å². The van der Waals surface area contributed by atoms with E-state index in [1.807, 2.05) is 18.9 Å². The fraction of sp³-hybridized carbons (Fsp3) is 0.452. The Hall–Kier alpha value is -3.91. The Bertz CT molecular complexity index is 1440. The molecule has 1 aromatic heterocycles. The molecule has 4 rings (SSSR count). The minimum absolute atomic E-state index is 0. The van der Waals surface area contributed by atoms with Crippen molar-refractivity contribution < 1.29 is 27.1 Å². The monoisotopic (exact) mass is 589 g/mol. The number of carbonyl (C=O) groups excluding carboxylic acids is 1. The van der Waals surface area contributed by atoms with Gasteiger partial charge in [-0.25, -0.2) is 4.39 Å². The highest BCUT2D eigenvalue weighted by molar-refractivity contribution is 5.95. The van der Waals surface area contributed by atoms with E-state index in [0.717, 1.165) is 11.1 Å². The molecule has 2 atom stereocenters. The lowest BCUT2D eigenvalue weighted by Gasteiger charge is -2.33. The number of halogens is 4. The second-order valence-electron chi connectivity index (χ2n) is 10.2. The van der Waals surface area contributed by atoms with E-state index in [9.17, 15) is 22.4 Å². The number of nitrogens with zero attached hydrogens (tertiary/aromatic N) is 3. The van der Waals surface area contributed by atoms with Crippen LogP contribution in [0.2, 0.25) is 0 Å². The van der Waals surface area contributed by atoms with Gasteiger partial charge in [-0.05, 0) is 62.7 Å². The predicted molar refractivity (Wildman–Crippen MR) is 160 cm³/mol. The number of amides is 1. The van der Waals surface area contributed by atoms with Gasteiger partial charge in [0.2, 0.25) is 0 Å². The molecule has 0 radical (unpaired) electrons. The van der Waals surface area contributed by atoms with E-state index >= 15 is 0 Å². The van der Waals surface area contributed by atoms with Crippen molar-refractivity contribution in [2.45, 2.75) is 45.7 Å². The summed E-state index contributed by atoms with van der Waals surface area (Å²) in [6, 6.07) is 11.2. The van der Waals surface area contributed by atoms with Gasteiger partial charge in [-0.3, -0.25) is 4.79 Å². The van der Waals surface area contributed by atoms with Gasteiger partial charge in [0.1, 0.15) is 18.5 Å². The van der Waals surface area contributed by atoms with Crippen molar-refractivity contribution in [1.29, 1.82) is 0 Å². The number of hydrogen-bond donors (Lipinski definition) is 2. The summed E-state index contributed by atoms with van der Waals surface area (Å²) in [5.41, 5.74) is 2.22. The molecule has 42 heavy (non-hydrogen) atoms. The molecule has 0 aliphatic carbocycles. The molecule has 2 N–H and O–H groups in total. The fourth-order valence-corrected chi connectivity index (χ4v) is 4.89. The zero-order chi connectivity index (χ0) is 29.7. The first-order chi connectivity index (χ1) is 19.5. The van der Waals surface area contributed by atoms with E-state index in [1.165, 1.54) is 7.11 Å². The summed E-state index contributed by atoms with van der Waals surface area (Å²) in [4.78, 5) is 16.0. The van der Waals surface area contributed by atoms with Crippen molar-refractivity contribution in [1.82, 2.24) is 14.4 Å². The molecular weight excluding hydrogens is 550 g/mol. The number of likely N-dealkylation sites (tertiary alicyclic amines) is 1. The Labute approximate surface area is 244 Å². The first-order valence-electron chi connectivity index (χ1n) is 13.4. The molecule has 1 amide bonds. The van der Waals surface area contributed by atoms with Crippen molar-refractivity contribution in [3.8, 4) is 17.6 Å². The number of anilines is 2. The predicted octanol–water partition coefficient (Wildman–Crippen LogP) is 5.86. The number of piperidine rings is 1. The first kappa shape index (κ1) is 32.6. The van der Waals surface area contributed by atoms with Crippen molar-refractivity contribution in [3.63, 3.8) is 0 Å². The highest BCUT2D eigenvalue weighted by Crippen LogP contribution is 2.32. The largest absolute Gasteiger partial charge is 0.495 e. The molecule has 2 aromatic carbocycles. The Balaban J connectivity index is 0.00000484. The number of carbonyl (C=O) groups is 1. The van der Waals surface area contributed by atoms with Crippen LogP contribution in [0.1, 0.15) is 36.8 Å². The molecule has 0 saturated carbocycles. The minimum Gasteiger partial charge on any atom is -0.495 e. The van der Waals surface area contributed by atoms with E-state index in [2.05, 4.69) is 22.5 Å². The molecule has 1 aliphatic rings. The van der Waals surface area contributed by atoms with Gasteiger partial charge >= 0.3 is 6.18 Å². The summed E-state index contributed by atoms with van der Waals surface area (Å²) in [5.74, 6) is 6.08. The highest BCUT2D eigenvalue weighted by atomic mass is 19.4. The number of alkyl halides is 4. The van der Waals surface area contributed by atoms with Gasteiger partial charge in [0.15, 0.2) is 0 Å². The molecule has 1 fully saturated rings. The van der Waals surface area contributed by atoms with Crippen molar-refractivity contribution in [2.24, 2.45) is 0 Å². The van der Waals surface area contributed by atoms with Crippen LogP contribution in [0.15, 0.2) is 42.5 Å². The zero-order valence-electron chi connectivity index (χ0n) is 23.6. The Morgan fingerprint density at radius 2 is 1.95 bits per heavy atom. The number of ether oxygens (including phenoxy) is 1. The summed E-state index contributed by atoms with van der Waals surface area (Å²) in [7, 11) is 5.06. The van der Waals surface area contributed by atoms with Crippen LogP contribution in [0, 0.1) is 11.8 Å². The zero-order valence-corrected chi connectivity index (χ0v) is 23.6. The van der Waals surface area contributed by atoms with Gasteiger partial charge < -0.3 is 29.7 Å². The summed E-state index contributed by atoms with van der Waals surface area (Å²) in [6.07, 6.45) is -4.97. The number of fused-ring (bicyclic) bond motifs is 1. The van der Waals surface area contributed by atoms with E-state index in [4.69, 9.17) is 4.74 Å². The van der Waals surface area contributed by atoms with Gasteiger partial charge in [-0.15, -0.1) is 0 Å². The van der Waals surface area contributed by atoms with Crippen LogP contribution < -0.4 is 15.4 Å². The number of nitrogens with one attached hydrogen (secondary N) is 2. The maximum atomic E-state index is 14.7. The van der Waals surface area contributed by atoms with Gasteiger partial charge in [-0.1, -0.05) is 19.4 Å². The normalized spacial score (nSPS) is 17.1. The van der Waals surface area contributed by atoms with Crippen LogP contribution in [-0.2, 0) is 6.54 Å². The first-order valence-corrected chi connectivity index (χ1v) is 13.4. The number of benzene rings is 2. The van der Waals surface area contributed by atoms with Gasteiger partial charge in [0.25, 0.3) is 5.91 Å². The third-order valence-corrected chi connectivity index (χ3v) is 7.22. The maximum Gasteiger partial charge on any atom is 0.406 e. The Morgan fingerprint density at radius 3 is 2.62 bits per heavy atom. The van der Waals surface area contributed by atoms with Gasteiger partial charge in [-0.2, -0.15) is 13.2 Å². The van der Waals surface area contributed by atoms with E-state index in [1.54, 1.807) is 54.4 Å². The van der Waals surface area contributed by atoms with E-state index in [-0.39, 0.29) is 25.6 Å². The molecule has 0 spiro atoms. The van der Waals surface area contributed by atoms with Crippen molar-refractivity contribution >= 4 is 28.2 Å². The van der Waals surface area contributed by atoms with E-state index in [0.29, 0.717) is 53.1 Å². The molecule has 228 valence electrons. The second-order valence-corrected chi connectivity index (χ2v) is 10.2. The molecular formula is C31H39F4N5O2. The van der Waals surface area contributed by atoms with Crippen molar-refractivity contribution in [3.05, 3.63) is 53.7 Å². The molecule has 11 heteroatoms. The van der Waals surface area contributed by atoms with Crippen LogP contribution >= 0.6 is 0 Å². The average Bonchev–Trinajstić information content (AvgIpc) is 3.28. The second kappa shape index (κ2) is 13.8. The number of hydrogen-bond acceptors (Lipinski definition) is 5. The van der Waals surface area contributed by atoms with Crippen LogP contribution in [0.5, 0.6) is 5.75 Å². The fourth-order valence-electron chi connectivity index (χ4n) is 4.89. The number of methoxy groups -OCH3 is 1. The van der Waals surface area contributed by atoms with Crippen LogP contribution in [-0.4, -0.2) is 86.0 Å². The Kier molecular flexibility index (Phi) is 10.7. The molecule has 3 aromatic rings. The molecule has 1 aliphatic heterocycles. The maximum absolute atomic E-state index is 14.7. The van der Waals surface area contributed by atoms with E-state index < -0.39 is 24.9 Å². The molecule has 0 unspecified atom stereocenters.